The molecule has 4 N–H and O–H groups in total. The minimum atomic E-state index is -0.722. The number of H-pyrrole nitrogens is 2. The summed E-state index contributed by atoms with van der Waals surface area (Å²) in [6.45, 7) is 5.30. The molecule has 0 saturated carbocycles. The number of nitrogens with one attached hydrogen (secondary N) is 4. The molecule has 2 aromatic carbocycles. The van der Waals surface area contributed by atoms with E-state index >= 15 is 4.39 Å². The molecule has 2 aromatic heterocycles. The standard InChI is InChI=1S/C37H38FN7O3/c1-23(2)33(44-37(47)48-3)36(46)45-19-9-15-32(45)35-41-22-31(43-35)25-17-16-24(28(20-25)27-12-6-7-13-29(27)38)10-4-5-11-26-21-40-34(42-26)30-14-8-18-39-30/h6-7,12-13,16-17,20-23,30,32-33,39H,8-9,14-15,18-19H2,1-3H3,(H,40,42)(H,41,43)(H,44,47)/t30?,32?,33-/m0/s1. The van der Waals surface area contributed by atoms with Crippen LogP contribution in [0.5, 0.6) is 0 Å². The highest BCUT2D eigenvalue weighted by Gasteiger charge is 2.37. The molecule has 6 rings (SSSR count). The van der Waals surface area contributed by atoms with E-state index in [4.69, 9.17) is 4.74 Å². The smallest absolute Gasteiger partial charge is 0.407 e. The third-order valence-corrected chi connectivity index (χ3v) is 8.78. The lowest BCUT2D eigenvalue weighted by molar-refractivity contribution is -0.135. The number of amides is 2. The molecule has 2 saturated heterocycles. The predicted octanol–water partition coefficient (Wildman–Crippen LogP) is 5.48. The maximum absolute atomic E-state index is 15.1. The number of carbonyl (C=O) groups excluding carboxylic acids is 2. The number of hydrogen-bond acceptors (Lipinski definition) is 6. The van der Waals surface area contributed by atoms with E-state index in [1.54, 1.807) is 35.5 Å². The fraction of sp³-hybridized carbons (Fsp3) is 0.351. The molecule has 2 unspecified atom stereocenters. The van der Waals surface area contributed by atoms with Crippen molar-refractivity contribution >= 4 is 12.0 Å². The second-order valence-corrected chi connectivity index (χ2v) is 12.3. The van der Waals surface area contributed by atoms with Crippen LogP contribution in [0.15, 0.2) is 54.9 Å². The summed E-state index contributed by atoms with van der Waals surface area (Å²) >= 11 is 0. The Kier molecular flexibility index (Phi) is 9.88. The van der Waals surface area contributed by atoms with Gasteiger partial charge in [-0.25, -0.2) is 19.2 Å². The fourth-order valence-electron chi connectivity index (χ4n) is 6.26. The average Bonchev–Trinajstić information content (AvgIpc) is 3.92. The quantitative estimate of drug-likeness (QED) is 0.197. The van der Waals surface area contributed by atoms with Gasteiger partial charge in [-0.2, -0.15) is 0 Å². The zero-order valence-electron chi connectivity index (χ0n) is 27.2. The van der Waals surface area contributed by atoms with Crippen molar-refractivity contribution in [3.8, 4) is 46.1 Å². The van der Waals surface area contributed by atoms with Crippen LogP contribution in [0.25, 0.3) is 22.4 Å². The van der Waals surface area contributed by atoms with Crippen molar-refractivity contribution in [2.45, 2.75) is 57.7 Å². The molecule has 2 fully saturated rings. The molecule has 4 aromatic rings. The van der Waals surface area contributed by atoms with Gasteiger partial charge in [0.2, 0.25) is 5.91 Å². The number of carbonyl (C=O) groups is 2. The van der Waals surface area contributed by atoms with Crippen molar-refractivity contribution in [1.29, 1.82) is 0 Å². The number of aromatic nitrogens is 4. The highest BCUT2D eigenvalue weighted by molar-refractivity contribution is 5.86. The van der Waals surface area contributed by atoms with Crippen molar-refractivity contribution in [2.24, 2.45) is 5.92 Å². The van der Waals surface area contributed by atoms with Gasteiger partial charge in [-0.3, -0.25) is 4.79 Å². The van der Waals surface area contributed by atoms with Gasteiger partial charge >= 0.3 is 6.09 Å². The van der Waals surface area contributed by atoms with Crippen LogP contribution in [-0.2, 0) is 9.53 Å². The number of hydrogen-bond donors (Lipinski definition) is 4. The summed E-state index contributed by atoms with van der Waals surface area (Å²) in [6.07, 6.45) is 6.50. The van der Waals surface area contributed by atoms with E-state index in [1.165, 1.54) is 13.2 Å². The van der Waals surface area contributed by atoms with Crippen molar-refractivity contribution < 1.29 is 18.7 Å². The molecule has 2 aliphatic heterocycles. The van der Waals surface area contributed by atoms with Gasteiger partial charge in [-0.05, 0) is 74.1 Å². The molecule has 0 spiro atoms. The van der Waals surface area contributed by atoms with Crippen LogP contribution in [0, 0.1) is 35.4 Å². The van der Waals surface area contributed by atoms with Crippen LogP contribution in [0.2, 0.25) is 0 Å². The lowest BCUT2D eigenvalue weighted by Gasteiger charge is -2.30. The van der Waals surface area contributed by atoms with Crippen LogP contribution < -0.4 is 10.6 Å². The maximum atomic E-state index is 15.1. The number of benzene rings is 2. The van der Waals surface area contributed by atoms with Crippen LogP contribution in [0.4, 0.5) is 9.18 Å². The van der Waals surface area contributed by atoms with Crippen molar-refractivity contribution in [1.82, 2.24) is 35.5 Å². The Morgan fingerprint density at radius 3 is 2.58 bits per heavy atom. The molecule has 0 aliphatic carbocycles. The predicted molar refractivity (Wildman–Crippen MR) is 180 cm³/mol. The molecule has 2 aliphatic rings. The third-order valence-electron chi connectivity index (χ3n) is 8.78. The van der Waals surface area contributed by atoms with Gasteiger partial charge in [0.05, 0.1) is 37.3 Å². The minimum Gasteiger partial charge on any atom is -0.453 e. The number of halogens is 1. The molecule has 246 valence electrons. The van der Waals surface area contributed by atoms with Gasteiger partial charge in [0.25, 0.3) is 0 Å². The minimum absolute atomic E-state index is 0.133. The average molecular weight is 648 g/mol. The van der Waals surface area contributed by atoms with E-state index in [0.717, 1.165) is 49.3 Å². The van der Waals surface area contributed by atoms with Gasteiger partial charge in [0, 0.05) is 28.8 Å². The molecule has 0 radical (unpaired) electrons. The van der Waals surface area contributed by atoms with Gasteiger partial charge in [-0.1, -0.05) is 44.0 Å². The monoisotopic (exact) mass is 647 g/mol. The summed E-state index contributed by atoms with van der Waals surface area (Å²) in [5.74, 6) is 12.8. The number of ether oxygens (including phenoxy) is 1. The molecule has 4 heterocycles. The summed E-state index contributed by atoms with van der Waals surface area (Å²) in [7, 11) is 1.28. The first-order valence-electron chi connectivity index (χ1n) is 16.2. The van der Waals surface area contributed by atoms with Gasteiger partial charge < -0.3 is 30.2 Å². The van der Waals surface area contributed by atoms with Crippen LogP contribution in [0.3, 0.4) is 0 Å². The molecular weight excluding hydrogens is 609 g/mol. The van der Waals surface area contributed by atoms with Crippen LogP contribution >= 0.6 is 0 Å². The highest BCUT2D eigenvalue weighted by atomic mass is 19.1. The summed E-state index contributed by atoms with van der Waals surface area (Å²) in [6, 6.07) is 11.5. The normalized spacial score (nSPS) is 17.7. The number of alkyl carbamates (subject to hydrolysis) is 1. The zero-order valence-corrected chi connectivity index (χ0v) is 27.2. The number of methoxy groups -OCH3 is 1. The SMILES string of the molecule is COC(=O)N[C@H](C(=O)N1CCCC1c1ncc(-c2ccc(C#CC#Cc3cnc(C4CCCN4)[nH]3)c(-c3ccccc3F)c2)[nH]1)C(C)C. The van der Waals surface area contributed by atoms with Crippen LogP contribution in [-0.4, -0.2) is 63.1 Å². The Morgan fingerprint density at radius 1 is 1.00 bits per heavy atom. The summed E-state index contributed by atoms with van der Waals surface area (Å²) < 4.78 is 19.8. The lowest BCUT2D eigenvalue weighted by Crippen LogP contribution is -2.51. The first kappa shape index (κ1) is 32.5. The number of aromatic amines is 2. The summed E-state index contributed by atoms with van der Waals surface area (Å²) in [5, 5.41) is 6.09. The van der Waals surface area contributed by atoms with E-state index in [0.29, 0.717) is 34.8 Å². The van der Waals surface area contributed by atoms with E-state index in [9.17, 15) is 9.59 Å². The van der Waals surface area contributed by atoms with E-state index < -0.39 is 12.1 Å². The largest absolute Gasteiger partial charge is 0.453 e. The van der Waals surface area contributed by atoms with Crippen LogP contribution in [0.1, 0.15) is 74.5 Å². The number of likely N-dealkylation sites (tertiary alicyclic amines) is 1. The highest BCUT2D eigenvalue weighted by Crippen LogP contribution is 2.34. The second-order valence-electron chi connectivity index (χ2n) is 12.3. The van der Waals surface area contributed by atoms with Gasteiger partial charge in [0.1, 0.15) is 29.2 Å². The van der Waals surface area contributed by atoms with Crippen molar-refractivity contribution in [3.63, 3.8) is 0 Å². The first-order chi connectivity index (χ1) is 23.3. The summed E-state index contributed by atoms with van der Waals surface area (Å²) in [5.41, 5.74) is 3.87. The third kappa shape index (κ3) is 7.12. The molecule has 48 heavy (non-hydrogen) atoms. The Balaban J connectivity index is 1.25. The molecule has 2 amide bonds. The van der Waals surface area contributed by atoms with Gasteiger partial charge in [-0.15, -0.1) is 0 Å². The molecule has 3 atom stereocenters. The molecule has 10 nitrogen and oxygen atoms in total. The number of nitrogens with zero attached hydrogens (tertiary/aromatic N) is 3. The van der Waals surface area contributed by atoms with Crippen molar-refractivity contribution in [3.05, 3.63) is 83.6 Å². The Hall–Kier alpha value is -5.39. The molecule has 0 bridgehead atoms. The Bertz CT molecular complexity index is 1920. The fourth-order valence-corrected chi connectivity index (χ4v) is 6.26. The molecule has 11 heteroatoms. The zero-order chi connectivity index (χ0) is 33.6. The first-order valence-corrected chi connectivity index (χ1v) is 16.2. The maximum Gasteiger partial charge on any atom is 0.407 e. The summed E-state index contributed by atoms with van der Waals surface area (Å²) in [4.78, 5) is 43.0. The van der Waals surface area contributed by atoms with Crippen molar-refractivity contribution in [2.75, 3.05) is 20.2 Å². The molecular formula is C37H38FN7O3. The van der Waals surface area contributed by atoms with Gasteiger partial charge in [0.15, 0.2) is 0 Å². The second kappa shape index (κ2) is 14.6. The Labute approximate surface area is 279 Å². The topological polar surface area (TPSA) is 128 Å². The Morgan fingerprint density at radius 2 is 1.81 bits per heavy atom. The number of imidazole rings is 2. The van der Waals surface area contributed by atoms with E-state index in [1.807, 2.05) is 32.0 Å². The van der Waals surface area contributed by atoms with E-state index in [2.05, 4.69) is 54.3 Å². The lowest BCUT2D eigenvalue weighted by atomic mass is 9.96. The van der Waals surface area contributed by atoms with E-state index in [-0.39, 0.29) is 29.7 Å². The number of rotatable bonds is 7.